The van der Waals surface area contributed by atoms with Crippen LogP contribution in [0.4, 0.5) is 18.9 Å². The van der Waals surface area contributed by atoms with Crippen LogP contribution in [-0.4, -0.2) is 68.3 Å². The Bertz CT molecular complexity index is 2140. The number of nitrogens with zero attached hydrogens (tertiary/aromatic N) is 7. The molecule has 14 nitrogen and oxygen atoms in total. The minimum absolute atomic E-state index is 0.0200. The van der Waals surface area contributed by atoms with E-state index >= 15 is 0 Å². The molecule has 0 spiro atoms. The fraction of sp³-hybridized carbons (Fsp3) is 0.250. The summed E-state index contributed by atoms with van der Waals surface area (Å²) < 4.78 is 36.4. The first kappa shape index (κ1) is 35.5. The number of halogens is 4. The second-order valence-electron chi connectivity index (χ2n) is 11.3. The van der Waals surface area contributed by atoms with Gasteiger partial charge in [-0.3, -0.25) is 23.8 Å². The number of carboxylic acids is 2. The highest BCUT2D eigenvalue weighted by Crippen LogP contribution is 2.33. The summed E-state index contributed by atoms with van der Waals surface area (Å²) in [5.74, 6) is -4.20. The standard InChI is InChI=1S/C30H27ClN8O4.C2HF3O2/c1-17-4-3-5-26(23-10-18(8-9-32-23)28-24(36-29(17)41)14-34-37(28)2)38-16-33-22(12-27(38)40)21-11-20(31)6-7-25(21)39-15-19(13-35-39)30(42)43;3-2(4,5)1(6)7/h6-17,26H,3-5H2,1-2H3,(H,36,41)(H,42,43);(H,6,7)/t17-,26+;/m1./s1. The molecular formula is C32H28ClF3N8O6. The summed E-state index contributed by atoms with van der Waals surface area (Å²) in [6.07, 6.45) is 4.20. The maximum absolute atomic E-state index is 13.7. The number of aliphatic carboxylic acids is 1. The van der Waals surface area contributed by atoms with Crippen LogP contribution in [0.25, 0.3) is 28.2 Å². The average molecular weight is 713 g/mol. The molecule has 0 fully saturated rings. The minimum Gasteiger partial charge on any atom is -0.478 e. The molecule has 1 aliphatic rings. The smallest absolute Gasteiger partial charge is 0.478 e. The number of alkyl halides is 3. The number of fused-ring (bicyclic) bond motifs is 4. The predicted octanol–water partition coefficient (Wildman–Crippen LogP) is 5.22. The number of carboxylic acid groups (broad SMARTS) is 2. The molecule has 5 heterocycles. The van der Waals surface area contributed by atoms with Crippen molar-refractivity contribution in [3.63, 3.8) is 0 Å². The predicted molar refractivity (Wildman–Crippen MR) is 173 cm³/mol. The molecule has 6 rings (SSSR count). The highest BCUT2D eigenvalue weighted by Gasteiger charge is 2.38. The first-order chi connectivity index (χ1) is 23.6. The van der Waals surface area contributed by atoms with Crippen LogP contribution in [-0.2, 0) is 16.6 Å². The Kier molecular flexibility index (Phi) is 10.2. The van der Waals surface area contributed by atoms with Crippen molar-refractivity contribution >= 4 is 35.1 Å². The lowest BCUT2D eigenvalue weighted by Gasteiger charge is -2.22. The second-order valence-corrected chi connectivity index (χ2v) is 11.7. The van der Waals surface area contributed by atoms with Crippen molar-refractivity contribution in [2.75, 3.05) is 5.32 Å². The average Bonchev–Trinajstić information content (AvgIpc) is 3.70. The van der Waals surface area contributed by atoms with E-state index in [1.807, 2.05) is 19.1 Å². The molecule has 1 aliphatic heterocycles. The third-order valence-corrected chi connectivity index (χ3v) is 8.12. The van der Waals surface area contributed by atoms with E-state index in [4.69, 9.17) is 21.5 Å². The molecule has 5 aromatic rings. The summed E-state index contributed by atoms with van der Waals surface area (Å²) in [5, 5.41) is 28.4. The van der Waals surface area contributed by atoms with Gasteiger partial charge in [0.1, 0.15) is 0 Å². The summed E-state index contributed by atoms with van der Waals surface area (Å²) in [5.41, 5.74) is 3.93. The summed E-state index contributed by atoms with van der Waals surface area (Å²) >= 11 is 6.31. The molecule has 0 unspecified atom stereocenters. The number of hydrogen-bond acceptors (Lipinski definition) is 8. The molecule has 2 atom stereocenters. The molecule has 0 aliphatic carbocycles. The first-order valence-electron chi connectivity index (χ1n) is 14.9. The van der Waals surface area contributed by atoms with E-state index in [1.165, 1.54) is 29.5 Å². The summed E-state index contributed by atoms with van der Waals surface area (Å²) in [6.45, 7) is 1.88. The number of hydrogen-bond donors (Lipinski definition) is 3. The van der Waals surface area contributed by atoms with E-state index in [-0.39, 0.29) is 22.9 Å². The van der Waals surface area contributed by atoms with Crippen molar-refractivity contribution in [3.05, 3.63) is 94.1 Å². The first-order valence-corrected chi connectivity index (χ1v) is 15.3. The summed E-state index contributed by atoms with van der Waals surface area (Å²) in [7, 11) is 1.81. The molecule has 3 N–H and O–H groups in total. The molecule has 0 saturated heterocycles. The molecule has 0 saturated carbocycles. The number of carbonyl (C=O) groups is 3. The Morgan fingerprint density at radius 3 is 2.42 bits per heavy atom. The van der Waals surface area contributed by atoms with E-state index in [0.717, 1.165) is 11.3 Å². The van der Waals surface area contributed by atoms with Crippen LogP contribution in [0.1, 0.15) is 48.3 Å². The number of amides is 1. The topological polar surface area (TPSA) is 187 Å². The van der Waals surface area contributed by atoms with E-state index in [0.29, 0.717) is 52.6 Å². The molecule has 1 amide bonds. The van der Waals surface area contributed by atoms with Crippen molar-refractivity contribution in [1.82, 2.24) is 34.1 Å². The SMILES string of the molecule is C[C@@H]1CCC[C@H](n2cnc(-c3cc(Cl)ccc3-n3cc(C(=O)O)cn3)cc2=O)c2cc(ccn2)-c2c(cnn2C)NC1=O.O=C(O)C(F)(F)F. The Balaban J connectivity index is 0.000000630. The van der Waals surface area contributed by atoms with Gasteiger partial charge in [0, 0.05) is 47.6 Å². The number of benzene rings is 1. The molecule has 260 valence electrons. The normalized spacial score (nSPS) is 16.2. The molecule has 2 bridgehead atoms. The van der Waals surface area contributed by atoms with Gasteiger partial charge in [-0.05, 0) is 43.2 Å². The van der Waals surface area contributed by atoms with E-state index < -0.39 is 24.2 Å². The fourth-order valence-electron chi connectivity index (χ4n) is 5.35. The number of pyridine rings is 1. The van der Waals surface area contributed by atoms with Crippen LogP contribution < -0.4 is 10.9 Å². The van der Waals surface area contributed by atoms with Crippen molar-refractivity contribution in [1.29, 1.82) is 0 Å². The lowest BCUT2D eigenvalue weighted by molar-refractivity contribution is -0.192. The third-order valence-electron chi connectivity index (χ3n) is 7.88. The molecular weight excluding hydrogens is 685 g/mol. The number of anilines is 1. The maximum Gasteiger partial charge on any atom is 0.490 e. The second kappa shape index (κ2) is 14.3. The summed E-state index contributed by atoms with van der Waals surface area (Å²) in [4.78, 5) is 56.2. The van der Waals surface area contributed by atoms with E-state index in [9.17, 15) is 32.7 Å². The lowest BCUT2D eigenvalue weighted by atomic mass is 9.97. The lowest BCUT2D eigenvalue weighted by Crippen LogP contribution is -2.27. The van der Waals surface area contributed by atoms with Crippen LogP contribution in [0, 0.1) is 5.92 Å². The van der Waals surface area contributed by atoms with Crippen molar-refractivity contribution in [3.8, 4) is 28.2 Å². The Labute approximate surface area is 285 Å². The number of carbonyl (C=O) groups excluding carboxylic acids is 1. The number of rotatable bonds is 4. The fourth-order valence-corrected chi connectivity index (χ4v) is 5.52. The van der Waals surface area contributed by atoms with Gasteiger partial charge in [0.25, 0.3) is 5.56 Å². The molecule has 50 heavy (non-hydrogen) atoms. The quantitative estimate of drug-likeness (QED) is 0.223. The molecule has 1 aromatic carbocycles. The van der Waals surface area contributed by atoms with E-state index in [1.54, 1.807) is 46.9 Å². The minimum atomic E-state index is -5.08. The molecule has 4 aromatic heterocycles. The number of aromatic nitrogens is 7. The van der Waals surface area contributed by atoms with Gasteiger partial charge in [-0.2, -0.15) is 23.4 Å². The van der Waals surface area contributed by atoms with Crippen molar-refractivity contribution < 1.29 is 37.8 Å². The number of nitrogens with one attached hydrogen (secondary N) is 1. The zero-order valence-corrected chi connectivity index (χ0v) is 27.1. The highest BCUT2D eigenvalue weighted by atomic mass is 35.5. The zero-order chi connectivity index (χ0) is 36.3. The van der Waals surface area contributed by atoms with Crippen LogP contribution in [0.15, 0.2) is 72.3 Å². The Morgan fingerprint density at radius 1 is 1.02 bits per heavy atom. The monoisotopic (exact) mass is 712 g/mol. The number of aryl methyl sites for hydroxylation is 1. The maximum atomic E-state index is 13.7. The highest BCUT2D eigenvalue weighted by molar-refractivity contribution is 6.31. The van der Waals surface area contributed by atoms with Gasteiger partial charge in [-0.15, -0.1) is 0 Å². The zero-order valence-electron chi connectivity index (χ0n) is 26.3. The van der Waals surface area contributed by atoms with Gasteiger partial charge >= 0.3 is 18.1 Å². The third kappa shape index (κ3) is 7.72. The largest absolute Gasteiger partial charge is 0.490 e. The van der Waals surface area contributed by atoms with Crippen LogP contribution in [0.3, 0.4) is 0 Å². The van der Waals surface area contributed by atoms with Gasteiger partial charge in [0.2, 0.25) is 5.91 Å². The van der Waals surface area contributed by atoms with Crippen LogP contribution >= 0.6 is 11.6 Å². The van der Waals surface area contributed by atoms with E-state index in [2.05, 4.69) is 25.5 Å². The van der Waals surface area contributed by atoms with Gasteiger partial charge < -0.3 is 15.5 Å². The van der Waals surface area contributed by atoms with Crippen molar-refractivity contribution in [2.24, 2.45) is 13.0 Å². The van der Waals surface area contributed by atoms with Gasteiger partial charge in [0.05, 0.1) is 58.8 Å². The molecule has 18 heteroatoms. The van der Waals surface area contributed by atoms with Crippen LogP contribution in [0.2, 0.25) is 5.02 Å². The Hall–Kier alpha value is -5.84. The number of aromatic carboxylic acids is 1. The van der Waals surface area contributed by atoms with Gasteiger partial charge in [-0.25, -0.2) is 19.3 Å². The summed E-state index contributed by atoms with van der Waals surface area (Å²) in [6, 6.07) is 9.74. The van der Waals surface area contributed by atoms with Gasteiger partial charge in [0.15, 0.2) is 0 Å². The Morgan fingerprint density at radius 2 is 1.76 bits per heavy atom. The van der Waals surface area contributed by atoms with Crippen LogP contribution in [0.5, 0.6) is 0 Å². The van der Waals surface area contributed by atoms with Gasteiger partial charge in [-0.1, -0.05) is 24.9 Å². The molecule has 0 radical (unpaired) electrons. The van der Waals surface area contributed by atoms with Crippen molar-refractivity contribution in [2.45, 2.75) is 38.4 Å².